The van der Waals surface area contributed by atoms with Crippen LogP contribution in [0, 0.1) is 0 Å². The third-order valence-corrected chi connectivity index (χ3v) is 3.59. The van der Waals surface area contributed by atoms with Crippen molar-refractivity contribution in [1.29, 1.82) is 0 Å². The van der Waals surface area contributed by atoms with E-state index in [0.29, 0.717) is 6.42 Å². The smallest absolute Gasteiger partial charge is 0.252 e. The molecular formula is C15H15N3O3. The largest absolute Gasteiger partial charge is 0.358 e. The average molecular weight is 285 g/mol. The molecule has 1 atom stereocenters. The molecule has 0 spiro atoms. The maximum atomic E-state index is 12.2. The minimum Gasteiger partial charge on any atom is -0.358 e. The lowest BCUT2D eigenvalue weighted by molar-refractivity contribution is -0.152. The van der Waals surface area contributed by atoms with Crippen LogP contribution in [0.1, 0.15) is 12.6 Å². The number of aromatic nitrogens is 1. The van der Waals surface area contributed by atoms with Gasteiger partial charge < -0.3 is 10.3 Å². The molecule has 1 aliphatic heterocycles. The number of amides is 3. The van der Waals surface area contributed by atoms with Crippen molar-refractivity contribution in [1.82, 2.24) is 15.2 Å². The topological polar surface area (TPSA) is 82.3 Å². The van der Waals surface area contributed by atoms with Gasteiger partial charge in [-0.3, -0.25) is 19.3 Å². The number of hydrogen-bond donors (Lipinski definition) is 2. The molecule has 1 fully saturated rings. The van der Waals surface area contributed by atoms with E-state index in [2.05, 4.69) is 10.3 Å². The zero-order valence-electron chi connectivity index (χ0n) is 11.6. The van der Waals surface area contributed by atoms with Crippen LogP contribution in [0.15, 0.2) is 30.3 Å². The highest BCUT2D eigenvalue weighted by Gasteiger charge is 2.34. The van der Waals surface area contributed by atoms with Crippen molar-refractivity contribution < 1.29 is 14.4 Å². The Morgan fingerprint density at radius 2 is 2.10 bits per heavy atom. The molecule has 108 valence electrons. The number of para-hydroxylation sites is 1. The fourth-order valence-corrected chi connectivity index (χ4v) is 2.58. The highest BCUT2D eigenvalue weighted by atomic mass is 16.2. The summed E-state index contributed by atoms with van der Waals surface area (Å²) in [6.07, 6.45) is 0.336. The van der Waals surface area contributed by atoms with E-state index in [1.54, 1.807) is 0 Å². The summed E-state index contributed by atoms with van der Waals surface area (Å²) in [5, 5.41) is 3.69. The van der Waals surface area contributed by atoms with Gasteiger partial charge in [0, 0.05) is 24.6 Å². The summed E-state index contributed by atoms with van der Waals surface area (Å²) in [6, 6.07) is 9.02. The van der Waals surface area contributed by atoms with Crippen LogP contribution in [0.2, 0.25) is 0 Å². The van der Waals surface area contributed by atoms with Crippen molar-refractivity contribution in [2.75, 3.05) is 6.54 Å². The molecule has 1 saturated heterocycles. The van der Waals surface area contributed by atoms with Crippen LogP contribution >= 0.6 is 0 Å². The zero-order valence-corrected chi connectivity index (χ0v) is 11.6. The van der Waals surface area contributed by atoms with E-state index in [1.165, 1.54) is 6.92 Å². The minimum absolute atomic E-state index is 0.197. The van der Waals surface area contributed by atoms with Crippen LogP contribution in [0.4, 0.5) is 0 Å². The lowest BCUT2D eigenvalue weighted by atomic mass is 10.1. The van der Waals surface area contributed by atoms with Crippen molar-refractivity contribution in [2.24, 2.45) is 0 Å². The first-order chi connectivity index (χ1) is 10.0. The first-order valence-corrected chi connectivity index (χ1v) is 6.72. The molecule has 1 unspecified atom stereocenters. The second-order valence-electron chi connectivity index (χ2n) is 5.15. The fraction of sp³-hybridized carbons (Fsp3) is 0.267. The second kappa shape index (κ2) is 5.05. The summed E-state index contributed by atoms with van der Waals surface area (Å²) >= 11 is 0. The number of aromatic amines is 1. The number of imide groups is 1. The van der Waals surface area contributed by atoms with E-state index in [0.717, 1.165) is 21.5 Å². The van der Waals surface area contributed by atoms with Crippen LogP contribution in [-0.4, -0.2) is 40.2 Å². The number of rotatable bonds is 2. The minimum atomic E-state index is -0.705. The molecule has 6 nitrogen and oxygen atoms in total. The molecule has 21 heavy (non-hydrogen) atoms. The molecule has 0 saturated carbocycles. The maximum absolute atomic E-state index is 12.2. The van der Waals surface area contributed by atoms with Crippen LogP contribution < -0.4 is 5.32 Å². The van der Waals surface area contributed by atoms with Gasteiger partial charge in [-0.05, 0) is 17.5 Å². The van der Waals surface area contributed by atoms with Gasteiger partial charge in [0.15, 0.2) is 0 Å². The molecule has 2 N–H and O–H groups in total. The van der Waals surface area contributed by atoms with Gasteiger partial charge in [0.2, 0.25) is 11.8 Å². The number of fused-ring (bicyclic) bond motifs is 1. The Balaban J connectivity index is 1.84. The molecule has 0 aliphatic carbocycles. The lowest BCUT2D eigenvalue weighted by Gasteiger charge is -2.30. The average Bonchev–Trinajstić information content (AvgIpc) is 2.84. The van der Waals surface area contributed by atoms with Crippen molar-refractivity contribution in [3.05, 3.63) is 36.0 Å². The monoisotopic (exact) mass is 285 g/mol. The van der Waals surface area contributed by atoms with E-state index < -0.39 is 11.9 Å². The number of piperazine rings is 1. The second-order valence-corrected chi connectivity index (χ2v) is 5.15. The Kier molecular flexibility index (Phi) is 3.21. The van der Waals surface area contributed by atoms with E-state index in [4.69, 9.17) is 0 Å². The Bertz CT molecular complexity index is 702. The van der Waals surface area contributed by atoms with Crippen LogP contribution in [0.25, 0.3) is 10.9 Å². The summed E-state index contributed by atoms with van der Waals surface area (Å²) in [4.78, 5) is 39.5. The number of benzene rings is 1. The summed E-state index contributed by atoms with van der Waals surface area (Å²) in [7, 11) is 0. The number of H-pyrrole nitrogens is 1. The Morgan fingerprint density at radius 1 is 1.33 bits per heavy atom. The van der Waals surface area contributed by atoms with Crippen molar-refractivity contribution in [2.45, 2.75) is 19.4 Å². The maximum Gasteiger partial charge on any atom is 0.252 e. The summed E-state index contributed by atoms with van der Waals surface area (Å²) in [5.41, 5.74) is 1.82. The van der Waals surface area contributed by atoms with Gasteiger partial charge in [0.05, 0.1) is 0 Å². The van der Waals surface area contributed by atoms with Crippen LogP contribution in [0.5, 0.6) is 0 Å². The number of carbonyl (C=O) groups is 3. The Labute approximate surface area is 121 Å². The Hall–Kier alpha value is -2.63. The van der Waals surface area contributed by atoms with Gasteiger partial charge in [-0.15, -0.1) is 0 Å². The lowest BCUT2D eigenvalue weighted by Crippen LogP contribution is -2.59. The van der Waals surface area contributed by atoms with Gasteiger partial charge in [0.25, 0.3) is 5.91 Å². The standard InChI is InChI=1S/C15H15N3O3/c1-9(19)18-8-14(20)17-13(15(18)21)7-11-6-10-4-2-3-5-12(10)16-11/h2-6,13,16H,7-8H2,1H3,(H,17,20). The number of nitrogens with one attached hydrogen (secondary N) is 2. The van der Waals surface area contributed by atoms with Gasteiger partial charge in [-0.25, -0.2) is 0 Å². The number of hydrogen-bond acceptors (Lipinski definition) is 3. The molecule has 1 aromatic heterocycles. The molecule has 1 aliphatic rings. The van der Waals surface area contributed by atoms with Crippen molar-refractivity contribution in [3.8, 4) is 0 Å². The normalized spacial score (nSPS) is 18.9. The predicted molar refractivity (Wildman–Crippen MR) is 76.3 cm³/mol. The van der Waals surface area contributed by atoms with Crippen molar-refractivity contribution in [3.63, 3.8) is 0 Å². The highest BCUT2D eigenvalue weighted by molar-refractivity contribution is 6.04. The zero-order chi connectivity index (χ0) is 15.0. The van der Waals surface area contributed by atoms with E-state index in [9.17, 15) is 14.4 Å². The quantitative estimate of drug-likeness (QED) is 0.847. The summed E-state index contributed by atoms with van der Waals surface area (Å²) in [5.74, 6) is -1.08. The first kappa shape index (κ1) is 13.4. The van der Waals surface area contributed by atoms with Crippen LogP contribution in [-0.2, 0) is 20.8 Å². The molecule has 0 bridgehead atoms. The SMILES string of the molecule is CC(=O)N1CC(=O)NC(Cc2cc3ccccc3[nH]2)C1=O. The van der Waals surface area contributed by atoms with Gasteiger partial charge >= 0.3 is 0 Å². The third kappa shape index (κ3) is 2.52. The van der Waals surface area contributed by atoms with Gasteiger partial charge in [-0.2, -0.15) is 0 Å². The molecule has 3 amide bonds. The third-order valence-electron chi connectivity index (χ3n) is 3.59. The van der Waals surface area contributed by atoms with E-state index >= 15 is 0 Å². The molecule has 0 radical (unpaired) electrons. The highest BCUT2D eigenvalue weighted by Crippen LogP contribution is 2.17. The Morgan fingerprint density at radius 3 is 2.81 bits per heavy atom. The summed E-state index contributed by atoms with van der Waals surface area (Å²) < 4.78 is 0. The van der Waals surface area contributed by atoms with Crippen molar-refractivity contribution >= 4 is 28.6 Å². The first-order valence-electron chi connectivity index (χ1n) is 6.72. The molecule has 2 heterocycles. The molecule has 1 aromatic carbocycles. The molecule has 2 aromatic rings. The fourth-order valence-electron chi connectivity index (χ4n) is 2.58. The van der Waals surface area contributed by atoms with Gasteiger partial charge in [-0.1, -0.05) is 18.2 Å². The molecule has 6 heteroatoms. The van der Waals surface area contributed by atoms with Gasteiger partial charge in [0.1, 0.15) is 12.6 Å². The molecular weight excluding hydrogens is 270 g/mol. The van der Waals surface area contributed by atoms with E-state index in [-0.39, 0.29) is 18.4 Å². The van der Waals surface area contributed by atoms with E-state index in [1.807, 2.05) is 30.3 Å². The van der Waals surface area contributed by atoms with Crippen LogP contribution in [0.3, 0.4) is 0 Å². The number of nitrogens with zero attached hydrogens (tertiary/aromatic N) is 1. The predicted octanol–water partition coefficient (Wildman–Crippen LogP) is 0.584. The number of carbonyl (C=O) groups excluding carboxylic acids is 3. The molecule has 3 rings (SSSR count). The summed E-state index contributed by atoms with van der Waals surface area (Å²) in [6.45, 7) is 1.09.